The van der Waals surface area contributed by atoms with Crippen molar-refractivity contribution in [3.63, 3.8) is 0 Å². The Hall–Kier alpha value is -1.40. The molecule has 1 rings (SSSR count). The SMILES string of the molecule is CCCCN(CC(=O)N(CC)Cc1ccccc1)S(C)(=O)=O. The van der Waals surface area contributed by atoms with Gasteiger partial charge in [-0.15, -0.1) is 0 Å². The predicted octanol–water partition coefficient (Wildman–Crippen LogP) is 2.10. The summed E-state index contributed by atoms with van der Waals surface area (Å²) >= 11 is 0. The third-order valence-electron chi connectivity index (χ3n) is 3.49. The Labute approximate surface area is 134 Å². The summed E-state index contributed by atoms with van der Waals surface area (Å²) in [6.07, 6.45) is 2.80. The molecule has 0 aliphatic carbocycles. The van der Waals surface area contributed by atoms with Crippen LogP contribution < -0.4 is 0 Å². The normalized spacial score (nSPS) is 11.6. The van der Waals surface area contributed by atoms with E-state index in [1.165, 1.54) is 4.31 Å². The fraction of sp³-hybridized carbons (Fsp3) is 0.562. The molecule has 0 heterocycles. The molecule has 5 nitrogen and oxygen atoms in total. The van der Waals surface area contributed by atoms with Crippen molar-refractivity contribution in [2.75, 3.05) is 25.9 Å². The summed E-state index contributed by atoms with van der Waals surface area (Å²) in [7, 11) is -3.36. The van der Waals surface area contributed by atoms with Crippen molar-refractivity contribution in [1.29, 1.82) is 0 Å². The largest absolute Gasteiger partial charge is 0.338 e. The maximum Gasteiger partial charge on any atom is 0.238 e. The van der Waals surface area contributed by atoms with Gasteiger partial charge in [0.25, 0.3) is 0 Å². The molecule has 0 radical (unpaired) electrons. The molecule has 1 aromatic rings. The van der Waals surface area contributed by atoms with Crippen LogP contribution in [0.2, 0.25) is 0 Å². The first-order valence-electron chi connectivity index (χ1n) is 7.65. The van der Waals surface area contributed by atoms with E-state index in [9.17, 15) is 13.2 Å². The number of sulfonamides is 1. The van der Waals surface area contributed by atoms with Gasteiger partial charge in [0, 0.05) is 19.6 Å². The molecule has 0 N–H and O–H groups in total. The van der Waals surface area contributed by atoms with E-state index in [-0.39, 0.29) is 12.5 Å². The van der Waals surface area contributed by atoms with Crippen LogP contribution in [0.4, 0.5) is 0 Å². The molecule has 0 atom stereocenters. The molecule has 0 aliphatic rings. The van der Waals surface area contributed by atoms with Crippen molar-refractivity contribution in [3.05, 3.63) is 35.9 Å². The third kappa shape index (κ3) is 6.15. The van der Waals surface area contributed by atoms with Crippen molar-refractivity contribution >= 4 is 15.9 Å². The van der Waals surface area contributed by atoms with Gasteiger partial charge in [-0.1, -0.05) is 43.7 Å². The Morgan fingerprint density at radius 3 is 2.27 bits per heavy atom. The lowest BCUT2D eigenvalue weighted by Crippen LogP contribution is -2.42. The fourth-order valence-corrected chi connectivity index (χ4v) is 2.93. The van der Waals surface area contributed by atoms with Crippen LogP contribution in [-0.4, -0.2) is 49.4 Å². The molecule has 0 bridgehead atoms. The Morgan fingerprint density at radius 1 is 1.14 bits per heavy atom. The minimum absolute atomic E-state index is 0.0838. The molecular weight excluding hydrogens is 300 g/mol. The van der Waals surface area contributed by atoms with Crippen LogP contribution in [0, 0.1) is 0 Å². The van der Waals surface area contributed by atoms with Crippen molar-refractivity contribution in [1.82, 2.24) is 9.21 Å². The first-order valence-corrected chi connectivity index (χ1v) is 9.50. The zero-order valence-corrected chi connectivity index (χ0v) is 14.5. The molecule has 22 heavy (non-hydrogen) atoms. The van der Waals surface area contributed by atoms with E-state index in [1.54, 1.807) is 4.90 Å². The second-order valence-electron chi connectivity index (χ2n) is 5.34. The van der Waals surface area contributed by atoms with E-state index in [1.807, 2.05) is 44.2 Å². The number of carbonyl (C=O) groups is 1. The molecule has 1 aromatic carbocycles. The van der Waals surface area contributed by atoms with Gasteiger partial charge in [-0.25, -0.2) is 8.42 Å². The highest BCUT2D eigenvalue weighted by Crippen LogP contribution is 2.07. The number of amides is 1. The second kappa shape index (κ2) is 8.90. The number of rotatable bonds is 9. The monoisotopic (exact) mass is 326 g/mol. The van der Waals surface area contributed by atoms with Crippen LogP contribution >= 0.6 is 0 Å². The van der Waals surface area contributed by atoms with Crippen molar-refractivity contribution < 1.29 is 13.2 Å². The average molecular weight is 326 g/mol. The Morgan fingerprint density at radius 2 is 1.77 bits per heavy atom. The quantitative estimate of drug-likeness (QED) is 0.698. The minimum atomic E-state index is -3.36. The number of hydrogen-bond acceptors (Lipinski definition) is 3. The summed E-state index contributed by atoms with van der Waals surface area (Å²) in [5.41, 5.74) is 1.04. The third-order valence-corrected chi connectivity index (χ3v) is 4.74. The lowest BCUT2D eigenvalue weighted by Gasteiger charge is -2.25. The number of hydrogen-bond donors (Lipinski definition) is 0. The summed E-state index contributed by atoms with van der Waals surface area (Å²) in [4.78, 5) is 14.1. The van der Waals surface area contributed by atoms with Gasteiger partial charge in [0.2, 0.25) is 15.9 Å². The molecule has 0 spiro atoms. The minimum Gasteiger partial charge on any atom is -0.338 e. The Balaban J connectivity index is 2.73. The lowest BCUT2D eigenvalue weighted by atomic mass is 10.2. The smallest absolute Gasteiger partial charge is 0.238 e. The van der Waals surface area contributed by atoms with E-state index < -0.39 is 10.0 Å². The predicted molar refractivity (Wildman–Crippen MR) is 88.9 cm³/mol. The van der Waals surface area contributed by atoms with Gasteiger partial charge in [0.15, 0.2) is 0 Å². The molecule has 0 unspecified atom stereocenters. The average Bonchev–Trinajstić information content (AvgIpc) is 2.48. The van der Waals surface area contributed by atoms with Crippen LogP contribution in [0.5, 0.6) is 0 Å². The number of likely N-dealkylation sites (N-methyl/N-ethyl adjacent to an activating group) is 1. The molecule has 0 saturated heterocycles. The summed E-state index contributed by atoms with van der Waals surface area (Å²) in [5.74, 6) is -0.159. The van der Waals surface area contributed by atoms with Gasteiger partial charge in [0.05, 0.1) is 12.8 Å². The zero-order valence-electron chi connectivity index (χ0n) is 13.7. The molecule has 0 fully saturated rings. The summed E-state index contributed by atoms with van der Waals surface area (Å²) in [6.45, 7) is 5.26. The molecule has 124 valence electrons. The second-order valence-corrected chi connectivity index (χ2v) is 7.33. The first kappa shape index (κ1) is 18.6. The van der Waals surface area contributed by atoms with E-state index in [0.29, 0.717) is 19.6 Å². The van der Waals surface area contributed by atoms with Gasteiger partial charge in [0.1, 0.15) is 0 Å². The number of benzene rings is 1. The highest BCUT2D eigenvalue weighted by atomic mass is 32.2. The first-order chi connectivity index (χ1) is 10.4. The van der Waals surface area contributed by atoms with Gasteiger partial charge in [-0.2, -0.15) is 4.31 Å². The number of nitrogens with zero attached hydrogens (tertiary/aromatic N) is 2. The van der Waals surface area contributed by atoms with Crippen LogP contribution in [0.3, 0.4) is 0 Å². The van der Waals surface area contributed by atoms with Crippen LogP contribution in [0.25, 0.3) is 0 Å². The molecule has 0 aliphatic heterocycles. The molecule has 0 aromatic heterocycles. The van der Waals surface area contributed by atoms with E-state index in [2.05, 4.69) is 0 Å². The topological polar surface area (TPSA) is 57.7 Å². The fourth-order valence-electron chi connectivity index (χ4n) is 2.13. The van der Waals surface area contributed by atoms with Crippen LogP contribution in [0.15, 0.2) is 30.3 Å². The Kier molecular flexibility index (Phi) is 7.55. The number of unbranched alkanes of at least 4 members (excludes halogenated alkanes) is 1. The van der Waals surface area contributed by atoms with Gasteiger partial charge in [-0.05, 0) is 18.9 Å². The van der Waals surface area contributed by atoms with Crippen LogP contribution in [0.1, 0.15) is 32.3 Å². The molecule has 6 heteroatoms. The maximum absolute atomic E-state index is 12.4. The summed E-state index contributed by atoms with van der Waals surface area (Å²) in [5, 5.41) is 0. The molecule has 0 saturated carbocycles. The summed E-state index contributed by atoms with van der Waals surface area (Å²) in [6, 6.07) is 9.70. The number of carbonyl (C=O) groups excluding carboxylic acids is 1. The zero-order chi connectivity index (χ0) is 16.6. The standard InChI is InChI=1S/C16H26N2O3S/c1-4-6-12-18(22(3,20)21)14-16(19)17(5-2)13-15-10-8-7-9-11-15/h7-11H,4-6,12-14H2,1-3H3. The van der Waals surface area contributed by atoms with Crippen LogP contribution in [-0.2, 0) is 21.4 Å². The van der Waals surface area contributed by atoms with Gasteiger partial charge >= 0.3 is 0 Å². The van der Waals surface area contributed by atoms with Crippen molar-refractivity contribution in [2.24, 2.45) is 0 Å². The van der Waals surface area contributed by atoms with E-state index in [4.69, 9.17) is 0 Å². The molecular formula is C16H26N2O3S. The molecule has 1 amide bonds. The lowest BCUT2D eigenvalue weighted by molar-refractivity contribution is -0.131. The highest BCUT2D eigenvalue weighted by molar-refractivity contribution is 7.88. The Bertz CT molecular complexity index is 558. The van der Waals surface area contributed by atoms with Crippen molar-refractivity contribution in [3.8, 4) is 0 Å². The van der Waals surface area contributed by atoms with Gasteiger partial charge < -0.3 is 4.90 Å². The van der Waals surface area contributed by atoms with Crippen molar-refractivity contribution in [2.45, 2.75) is 33.2 Å². The van der Waals surface area contributed by atoms with E-state index in [0.717, 1.165) is 24.7 Å². The highest BCUT2D eigenvalue weighted by Gasteiger charge is 2.22. The van der Waals surface area contributed by atoms with E-state index >= 15 is 0 Å². The summed E-state index contributed by atoms with van der Waals surface area (Å²) < 4.78 is 24.9. The van der Waals surface area contributed by atoms with Gasteiger partial charge in [-0.3, -0.25) is 4.79 Å². The maximum atomic E-state index is 12.4.